The first-order valence-corrected chi connectivity index (χ1v) is 8.31. The molecule has 3 heterocycles. The first kappa shape index (κ1) is 14.2. The third-order valence-electron chi connectivity index (χ3n) is 4.51. The second-order valence-corrected chi connectivity index (χ2v) is 6.18. The summed E-state index contributed by atoms with van der Waals surface area (Å²) < 4.78 is 12.7. The first-order chi connectivity index (χ1) is 12.4. The summed E-state index contributed by atoms with van der Waals surface area (Å²) in [6.07, 6.45) is 5.85. The van der Waals surface area contributed by atoms with Gasteiger partial charge in [0.15, 0.2) is 23.0 Å². The van der Waals surface area contributed by atoms with Gasteiger partial charge in [-0.3, -0.25) is 0 Å². The molecule has 1 aliphatic heterocycles. The predicted octanol–water partition coefficient (Wildman–Crippen LogP) is 3.13. The molecule has 0 amide bonds. The molecular weight excluding hydrogens is 316 g/mol. The van der Waals surface area contributed by atoms with Crippen molar-refractivity contribution in [3.63, 3.8) is 0 Å². The van der Waals surface area contributed by atoms with Gasteiger partial charge in [-0.2, -0.15) is 9.61 Å². The van der Waals surface area contributed by atoms with Gasteiger partial charge in [0.2, 0.25) is 6.79 Å². The highest BCUT2D eigenvalue weighted by Crippen LogP contribution is 2.30. The van der Waals surface area contributed by atoms with Crippen LogP contribution in [0.3, 0.4) is 0 Å². The van der Waals surface area contributed by atoms with E-state index < -0.39 is 0 Å². The van der Waals surface area contributed by atoms with E-state index in [0.29, 0.717) is 12.7 Å². The summed E-state index contributed by atoms with van der Waals surface area (Å²) in [5, 5.41) is 13.3. The lowest BCUT2D eigenvalue weighted by molar-refractivity contribution is 0.0977. The van der Waals surface area contributed by atoms with E-state index in [9.17, 15) is 0 Å². The summed E-state index contributed by atoms with van der Waals surface area (Å²) >= 11 is 0. The molecule has 6 heteroatoms. The van der Waals surface area contributed by atoms with Crippen LogP contribution in [0, 0.1) is 5.92 Å². The van der Waals surface area contributed by atoms with E-state index in [2.05, 4.69) is 22.3 Å². The van der Waals surface area contributed by atoms with E-state index >= 15 is 0 Å². The van der Waals surface area contributed by atoms with E-state index in [4.69, 9.17) is 14.6 Å². The second kappa shape index (κ2) is 5.73. The van der Waals surface area contributed by atoms with Crippen LogP contribution < -0.4 is 0 Å². The molecule has 1 fully saturated rings. The fourth-order valence-electron chi connectivity index (χ4n) is 3.23. The van der Waals surface area contributed by atoms with Gasteiger partial charge < -0.3 is 9.47 Å². The van der Waals surface area contributed by atoms with Crippen molar-refractivity contribution < 1.29 is 9.47 Å². The Morgan fingerprint density at radius 3 is 2.80 bits per heavy atom. The molecular formula is C19H16N4O2. The Morgan fingerprint density at radius 1 is 1.00 bits per heavy atom. The number of ether oxygens (including phenoxy) is 2. The molecule has 0 N–H and O–H groups in total. The van der Waals surface area contributed by atoms with Gasteiger partial charge in [-0.1, -0.05) is 30.3 Å². The van der Waals surface area contributed by atoms with Crippen molar-refractivity contribution >= 4 is 5.65 Å². The van der Waals surface area contributed by atoms with Crippen LogP contribution in [-0.2, 0) is 15.9 Å². The number of benzene rings is 1. The monoisotopic (exact) mass is 332 g/mol. The molecule has 1 aliphatic carbocycles. The summed E-state index contributed by atoms with van der Waals surface area (Å²) in [5.74, 6) is 2.84. The maximum Gasteiger partial charge on any atom is 0.231 e. The Morgan fingerprint density at radius 2 is 1.88 bits per heavy atom. The normalized spacial score (nSPS) is 19.0. The zero-order valence-corrected chi connectivity index (χ0v) is 13.5. The molecule has 0 spiro atoms. The van der Waals surface area contributed by atoms with Crippen LogP contribution in [0.25, 0.3) is 16.9 Å². The number of hydrogen-bond acceptors (Lipinski definition) is 5. The highest BCUT2D eigenvalue weighted by Gasteiger charge is 2.24. The van der Waals surface area contributed by atoms with Crippen molar-refractivity contribution in [3.8, 4) is 11.3 Å². The van der Waals surface area contributed by atoms with Crippen LogP contribution in [0.15, 0.2) is 66.1 Å². The topological polar surface area (TPSA) is 61.5 Å². The van der Waals surface area contributed by atoms with Crippen LogP contribution in [0.4, 0.5) is 0 Å². The van der Waals surface area contributed by atoms with E-state index in [0.717, 1.165) is 47.1 Å². The molecule has 0 bridgehead atoms. The van der Waals surface area contributed by atoms with Gasteiger partial charge in [-0.25, -0.2) is 0 Å². The largest absolute Gasteiger partial charge is 0.454 e. The molecule has 2 aromatic heterocycles. The van der Waals surface area contributed by atoms with E-state index in [1.807, 2.05) is 47.0 Å². The third kappa shape index (κ3) is 2.55. The van der Waals surface area contributed by atoms with E-state index in [1.165, 1.54) is 0 Å². The Bertz CT molecular complexity index is 991. The average Bonchev–Trinajstić information content (AvgIpc) is 3.29. The number of allylic oxidation sites excluding steroid dienone is 2. The highest BCUT2D eigenvalue weighted by molar-refractivity contribution is 5.59. The Balaban J connectivity index is 1.47. The number of aromatic nitrogens is 4. The van der Waals surface area contributed by atoms with Crippen molar-refractivity contribution in [3.05, 3.63) is 72.0 Å². The molecule has 0 radical (unpaired) electrons. The van der Waals surface area contributed by atoms with Gasteiger partial charge in [-0.15, -0.1) is 10.2 Å². The molecule has 1 aromatic carbocycles. The molecule has 1 saturated heterocycles. The van der Waals surface area contributed by atoms with Gasteiger partial charge in [0, 0.05) is 12.0 Å². The minimum Gasteiger partial charge on any atom is -0.454 e. The van der Waals surface area contributed by atoms with Gasteiger partial charge in [0.25, 0.3) is 0 Å². The van der Waals surface area contributed by atoms with Gasteiger partial charge in [-0.05, 0) is 36.6 Å². The lowest BCUT2D eigenvalue weighted by atomic mass is 9.95. The molecule has 0 saturated carbocycles. The van der Waals surface area contributed by atoms with Gasteiger partial charge in [0.05, 0.1) is 5.69 Å². The quantitative estimate of drug-likeness (QED) is 0.737. The number of fused-ring (bicyclic) bond motifs is 2. The molecule has 1 atom stereocenters. The third-order valence-corrected chi connectivity index (χ3v) is 4.51. The standard InChI is InChI=1S/C19H16N4O2/c1-2-4-14(5-3-1)15-7-9-18-20-21-19(23(18)22-15)11-13-6-8-16-17(10-13)25-12-24-16/h1-5,7-10,13H,6,11-12H2. The lowest BCUT2D eigenvalue weighted by Crippen LogP contribution is -2.10. The zero-order chi connectivity index (χ0) is 16.6. The van der Waals surface area contributed by atoms with Crippen molar-refractivity contribution in [2.75, 3.05) is 6.79 Å². The number of nitrogens with zero attached hydrogens (tertiary/aromatic N) is 4. The van der Waals surface area contributed by atoms with Gasteiger partial charge in [0.1, 0.15) is 0 Å². The minimum atomic E-state index is 0.301. The van der Waals surface area contributed by atoms with Gasteiger partial charge >= 0.3 is 0 Å². The van der Waals surface area contributed by atoms with Crippen molar-refractivity contribution in [2.45, 2.75) is 12.8 Å². The zero-order valence-electron chi connectivity index (χ0n) is 13.5. The summed E-state index contributed by atoms with van der Waals surface area (Å²) in [7, 11) is 0. The van der Waals surface area contributed by atoms with Crippen molar-refractivity contribution in [1.82, 2.24) is 19.8 Å². The molecule has 1 unspecified atom stereocenters. The molecule has 25 heavy (non-hydrogen) atoms. The van der Waals surface area contributed by atoms with Crippen LogP contribution in [-0.4, -0.2) is 26.6 Å². The van der Waals surface area contributed by atoms with Crippen LogP contribution in [0.2, 0.25) is 0 Å². The lowest BCUT2D eigenvalue weighted by Gasteiger charge is -2.14. The number of rotatable bonds is 3. The second-order valence-electron chi connectivity index (χ2n) is 6.18. The first-order valence-electron chi connectivity index (χ1n) is 8.31. The number of hydrogen-bond donors (Lipinski definition) is 0. The molecule has 2 aliphatic rings. The highest BCUT2D eigenvalue weighted by atomic mass is 16.7. The fourth-order valence-corrected chi connectivity index (χ4v) is 3.23. The van der Waals surface area contributed by atoms with E-state index in [-0.39, 0.29) is 0 Å². The van der Waals surface area contributed by atoms with E-state index in [1.54, 1.807) is 0 Å². The smallest absolute Gasteiger partial charge is 0.231 e. The summed E-state index contributed by atoms with van der Waals surface area (Å²) in [6.45, 7) is 0.306. The van der Waals surface area contributed by atoms with Crippen LogP contribution >= 0.6 is 0 Å². The van der Waals surface area contributed by atoms with Crippen LogP contribution in [0.5, 0.6) is 0 Å². The van der Waals surface area contributed by atoms with Crippen molar-refractivity contribution in [2.24, 2.45) is 5.92 Å². The molecule has 5 rings (SSSR count). The summed E-state index contributed by atoms with van der Waals surface area (Å²) in [6, 6.07) is 14.0. The average molecular weight is 332 g/mol. The molecule has 6 nitrogen and oxygen atoms in total. The maximum atomic E-state index is 5.48. The molecule has 3 aromatic rings. The van der Waals surface area contributed by atoms with Crippen LogP contribution in [0.1, 0.15) is 12.2 Å². The summed E-state index contributed by atoms with van der Waals surface area (Å²) in [4.78, 5) is 0. The fraction of sp³-hybridized carbons (Fsp3) is 0.211. The Labute approximate surface area is 144 Å². The summed E-state index contributed by atoms with van der Waals surface area (Å²) in [5.41, 5.74) is 2.74. The minimum absolute atomic E-state index is 0.301. The Hall–Kier alpha value is -3.15. The SMILES string of the molecule is C1=C2OCOC2=CC(Cc2nnc3ccc(-c4ccccc4)nn23)C1. The predicted molar refractivity (Wildman–Crippen MR) is 91.2 cm³/mol. The van der Waals surface area contributed by atoms with Crippen molar-refractivity contribution in [1.29, 1.82) is 0 Å². The maximum absolute atomic E-state index is 5.48. The Kier molecular flexibility index (Phi) is 3.26. The molecule has 124 valence electrons.